The first-order valence-electron chi connectivity index (χ1n) is 5.63. The molecule has 2 heterocycles. The summed E-state index contributed by atoms with van der Waals surface area (Å²) < 4.78 is 1.55. The molecule has 3 aromatic rings. The van der Waals surface area contributed by atoms with E-state index in [1.54, 1.807) is 23.3 Å². The van der Waals surface area contributed by atoms with Gasteiger partial charge in [-0.2, -0.15) is 5.10 Å². The van der Waals surface area contributed by atoms with Gasteiger partial charge < -0.3 is 5.11 Å². The van der Waals surface area contributed by atoms with Crippen LogP contribution < -0.4 is 0 Å². The van der Waals surface area contributed by atoms with E-state index in [9.17, 15) is 0 Å². The van der Waals surface area contributed by atoms with Crippen molar-refractivity contribution in [3.63, 3.8) is 0 Å². The number of hydrogen-bond acceptors (Lipinski definition) is 4. The van der Waals surface area contributed by atoms with E-state index in [-0.39, 0.29) is 6.73 Å². The van der Waals surface area contributed by atoms with Crippen molar-refractivity contribution in [2.24, 2.45) is 0 Å². The fourth-order valence-corrected chi connectivity index (χ4v) is 1.92. The molecule has 0 aliphatic carbocycles. The molecule has 0 radical (unpaired) electrons. The predicted molar refractivity (Wildman–Crippen MR) is 67.7 cm³/mol. The van der Waals surface area contributed by atoms with Crippen LogP contribution in [0.1, 0.15) is 5.82 Å². The third kappa shape index (κ3) is 1.74. The average Bonchev–Trinajstić information content (AvgIpc) is 2.81. The largest absolute Gasteiger partial charge is 0.374 e. The fraction of sp³-hybridized carbons (Fsp3) is 0.154. The van der Waals surface area contributed by atoms with E-state index in [1.807, 2.05) is 25.1 Å². The predicted octanol–water partition coefficient (Wildman–Crippen LogP) is 1.75. The Morgan fingerprint density at radius 2 is 1.89 bits per heavy atom. The molecule has 0 saturated carbocycles. The Hall–Kier alpha value is -2.27. The molecule has 90 valence electrons. The lowest BCUT2D eigenvalue weighted by molar-refractivity contribution is 0.200. The highest BCUT2D eigenvalue weighted by Gasteiger charge is 2.04. The molecule has 1 N–H and O–H groups in total. The van der Waals surface area contributed by atoms with Crippen molar-refractivity contribution in [3.05, 3.63) is 42.6 Å². The maximum Gasteiger partial charge on any atom is 0.136 e. The minimum absolute atomic E-state index is 0.115. The molecule has 1 aromatic carbocycles. The number of fused-ring (bicyclic) bond motifs is 1. The smallest absolute Gasteiger partial charge is 0.136 e. The number of nitrogens with zero attached hydrogens (tertiary/aromatic N) is 4. The number of aliphatic hydroxyl groups is 1. The van der Waals surface area contributed by atoms with Crippen molar-refractivity contribution in [2.45, 2.75) is 13.7 Å². The molecule has 18 heavy (non-hydrogen) atoms. The summed E-state index contributed by atoms with van der Waals surface area (Å²) in [5.74, 6) is 0.757. The first-order valence-corrected chi connectivity index (χ1v) is 5.63. The lowest BCUT2D eigenvalue weighted by atomic mass is 10.1. The quantitative estimate of drug-likeness (QED) is 0.741. The second kappa shape index (κ2) is 4.19. The highest BCUT2D eigenvalue weighted by Crippen LogP contribution is 2.23. The maximum atomic E-state index is 9.12. The molecular weight excluding hydrogens is 228 g/mol. The van der Waals surface area contributed by atoms with Crippen LogP contribution >= 0.6 is 0 Å². The lowest BCUT2D eigenvalue weighted by Crippen LogP contribution is -1.97. The molecule has 0 fully saturated rings. The lowest BCUT2D eigenvalue weighted by Gasteiger charge is -2.02. The van der Waals surface area contributed by atoms with Gasteiger partial charge in [0.1, 0.15) is 12.6 Å². The van der Waals surface area contributed by atoms with E-state index < -0.39 is 0 Å². The van der Waals surface area contributed by atoms with Crippen LogP contribution in [0.15, 0.2) is 36.8 Å². The van der Waals surface area contributed by atoms with E-state index in [4.69, 9.17) is 5.11 Å². The van der Waals surface area contributed by atoms with Crippen LogP contribution in [0, 0.1) is 6.92 Å². The van der Waals surface area contributed by atoms with E-state index >= 15 is 0 Å². The van der Waals surface area contributed by atoms with Gasteiger partial charge in [-0.25, -0.2) is 14.6 Å². The molecule has 0 atom stereocenters. The van der Waals surface area contributed by atoms with Gasteiger partial charge in [0.05, 0.1) is 11.7 Å². The summed E-state index contributed by atoms with van der Waals surface area (Å²) >= 11 is 0. The average molecular weight is 240 g/mol. The molecule has 0 aliphatic rings. The zero-order chi connectivity index (χ0) is 12.5. The van der Waals surface area contributed by atoms with Gasteiger partial charge in [-0.3, -0.25) is 0 Å². The molecular formula is C13H12N4O. The highest BCUT2D eigenvalue weighted by molar-refractivity contribution is 5.84. The number of rotatable bonds is 2. The Labute approximate surface area is 104 Å². The monoisotopic (exact) mass is 240 g/mol. The SMILES string of the molecule is Cc1ncc(-c2ccc3c(cnn3CO)c2)cn1. The molecule has 5 heteroatoms. The summed E-state index contributed by atoms with van der Waals surface area (Å²) in [6, 6.07) is 5.93. The topological polar surface area (TPSA) is 63.8 Å². The van der Waals surface area contributed by atoms with Gasteiger partial charge in [0.15, 0.2) is 0 Å². The normalized spacial score (nSPS) is 11.0. The minimum Gasteiger partial charge on any atom is -0.374 e. The van der Waals surface area contributed by atoms with Crippen molar-refractivity contribution in [1.29, 1.82) is 0 Å². The van der Waals surface area contributed by atoms with Gasteiger partial charge in [-0.05, 0) is 24.6 Å². The van der Waals surface area contributed by atoms with Crippen LogP contribution in [0.5, 0.6) is 0 Å². The van der Waals surface area contributed by atoms with Gasteiger partial charge in [0.2, 0.25) is 0 Å². The van der Waals surface area contributed by atoms with Gasteiger partial charge in [0, 0.05) is 23.3 Å². The minimum atomic E-state index is -0.115. The van der Waals surface area contributed by atoms with Gasteiger partial charge in [0.25, 0.3) is 0 Å². The van der Waals surface area contributed by atoms with Crippen molar-refractivity contribution >= 4 is 10.9 Å². The third-order valence-corrected chi connectivity index (χ3v) is 2.89. The van der Waals surface area contributed by atoms with Crippen LogP contribution in [-0.4, -0.2) is 24.9 Å². The van der Waals surface area contributed by atoms with Crippen LogP contribution in [0.2, 0.25) is 0 Å². The Balaban J connectivity index is 2.10. The summed E-state index contributed by atoms with van der Waals surface area (Å²) in [6.07, 6.45) is 5.35. The summed E-state index contributed by atoms with van der Waals surface area (Å²) in [5, 5.41) is 14.2. The van der Waals surface area contributed by atoms with E-state index in [1.165, 1.54) is 0 Å². The Kier molecular flexibility index (Phi) is 2.53. The van der Waals surface area contributed by atoms with Crippen molar-refractivity contribution in [3.8, 4) is 11.1 Å². The van der Waals surface area contributed by atoms with Gasteiger partial charge in [-0.1, -0.05) is 6.07 Å². The highest BCUT2D eigenvalue weighted by atomic mass is 16.3. The summed E-state index contributed by atoms with van der Waals surface area (Å²) in [7, 11) is 0. The number of aliphatic hydroxyl groups excluding tert-OH is 1. The van der Waals surface area contributed by atoms with E-state index in [2.05, 4.69) is 15.1 Å². The molecule has 0 spiro atoms. The summed E-state index contributed by atoms with van der Waals surface area (Å²) in [4.78, 5) is 8.37. The molecule has 5 nitrogen and oxygen atoms in total. The summed E-state index contributed by atoms with van der Waals surface area (Å²) in [6.45, 7) is 1.74. The molecule has 0 amide bonds. The fourth-order valence-electron chi connectivity index (χ4n) is 1.92. The van der Waals surface area contributed by atoms with Crippen LogP contribution in [-0.2, 0) is 6.73 Å². The molecule has 0 unspecified atom stereocenters. The number of aromatic nitrogens is 4. The molecule has 0 bridgehead atoms. The van der Waals surface area contributed by atoms with Crippen LogP contribution in [0.25, 0.3) is 22.0 Å². The van der Waals surface area contributed by atoms with Gasteiger partial charge >= 0.3 is 0 Å². The third-order valence-electron chi connectivity index (χ3n) is 2.89. The Bertz CT molecular complexity index is 688. The number of aryl methyl sites for hydroxylation is 1. The van der Waals surface area contributed by atoms with E-state index in [0.29, 0.717) is 0 Å². The number of benzene rings is 1. The van der Waals surface area contributed by atoms with Crippen molar-refractivity contribution < 1.29 is 5.11 Å². The van der Waals surface area contributed by atoms with E-state index in [0.717, 1.165) is 27.9 Å². The Morgan fingerprint density at radius 1 is 1.11 bits per heavy atom. The van der Waals surface area contributed by atoms with Crippen LogP contribution in [0.3, 0.4) is 0 Å². The standard InChI is InChI=1S/C13H12N4O/c1-9-14-5-12(6-15-9)10-2-3-13-11(4-10)7-16-17(13)8-18/h2-7,18H,8H2,1H3. The van der Waals surface area contributed by atoms with Crippen molar-refractivity contribution in [2.75, 3.05) is 0 Å². The molecule has 2 aromatic heterocycles. The van der Waals surface area contributed by atoms with Gasteiger partial charge in [-0.15, -0.1) is 0 Å². The summed E-state index contributed by atoms with van der Waals surface area (Å²) in [5.41, 5.74) is 2.92. The molecule has 0 saturated heterocycles. The second-order valence-electron chi connectivity index (χ2n) is 4.08. The second-order valence-corrected chi connectivity index (χ2v) is 4.08. The zero-order valence-electron chi connectivity index (χ0n) is 9.91. The first kappa shape index (κ1) is 10.9. The van der Waals surface area contributed by atoms with Crippen molar-refractivity contribution in [1.82, 2.24) is 19.7 Å². The number of hydrogen-bond donors (Lipinski definition) is 1. The van der Waals surface area contributed by atoms with Crippen LogP contribution in [0.4, 0.5) is 0 Å². The zero-order valence-corrected chi connectivity index (χ0v) is 9.91. The first-order chi connectivity index (χ1) is 8.78. The maximum absolute atomic E-state index is 9.12. The molecule has 3 rings (SSSR count). The Morgan fingerprint density at radius 3 is 2.61 bits per heavy atom. The molecule has 0 aliphatic heterocycles.